The van der Waals surface area contributed by atoms with E-state index in [0.717, 1.165) is 6.20 Å². The molecule has 2 aromatic rings. The highest BCUT2D eigenvalue weighted by Crippen LogP contribution is 2.36. The number of thiazole rings is 1. The summed E-state index contributed by atoms with van der Waals surface area (Å²) in [6.07, 6.45) is -4.79. The number of alkyl halides is 3. The summed E-state index contributed by atoms with van der Waals surface area (Å²) >= 11 is 0.373. The van der Waals surface area contributed by atoms with Gasteiger partial charge in [0.05, 0.1) is 4.88 Å². The van der Waals surface area contributed by atoms with Crippen LogP contribution in [0.3, 0.4) is 0 Å². The van der Waals surface area contributed by atoms with Crippen molar-refractivity contribution in [2.24, 2.45) is 0 Å². The topological polar surface area (TPSA) is 33.1 Å². The molecule has 0 fully saturated rings. The van der Waals surface area contributed by atoms with Crippen LogP contribution in [0.5, 0.6) is 0 Å². The standard InChI is InChI=1S/C12H9F4NOS/c1-6-4-7(2-3-8(6)13)10(18)9-5-17-11(19-9)12(14,15)16/h2-5,10,18H,1H3. The zero-order chi connectivity index (χ0) is 14.2. The van der Waals surface area contributed by atoms with Crippen molar-refractivity contribution in [3.8, 4) is 0 Å². The van der Waals surface area contributed by atoms with E-state index in [2.05, 4.69) is 4.98 Å². The van der Waals surface area contributed by atoms with E-state index < -0.39 is 23.1 Å². The van der Waals surface area contributed by atoms with Crippen LogP contribution in [0.1, 0.15) is 27.1 Å². The number of benzene rings is 1. The fourth-order valence-electron chi connectivity index (χ4n) is 1.55. The van der Waals surface area contributed by atoms with Crippen molar-refractivity contribution in [3.63, 3.8) is 0 Å². The molecule has 1 aromatic carbocycles. The van der Waals surface area contributed by atoms with E-state index in [1.165, 1.54) is 25.1 Å². The summed E-state index contributed by atoms with van der Waals surface area (Å²) in [4.78, 5) is 3.30. The molecule has 102 valence electrons. The molecule has 0 amide bonds. The molecule has 0 aliphatic rings. The molecule has 0 radical (unpaired) electrons. The highest BCUT2D eigenvalue weighted by molar-refractivity contribution is 7.11. The molecule has 1 atom stereocenters. The van der Waals surface area contributed by atoms with Crippen molar-refractivity contribution < 1.29 is 22.7 Å². The van der Waals surface area contributed by atoms with E-state index in [0.29, 0.717) is 22.5 Å². The van der Waals surface area contributed by atoms with Gasteiger partial charge in [-0.1, -0.05) is 12.1 Å². The van der Waals surface area contributed by atoms with E-state index in [1.807, 2.05) is 0 Å². The molecule has 0 saturated carbocycles. The van der Waals surface area contributed by atoms with Crippen LogP contribution in [-0.2, 0) is 6.18 Å². The molecular weight excluding hydrogens is 282 g/mol. The smallest absolute Gasteiger partial charge is 0.383 e. The predicted molar refractivity (Wildman–Crippen MR) is 62.3 cm³/mol. The number of hydrogen-bond acceptors (Lipinski definition) is 3. The fourth-order valence-corrected chi connectivity index (χ4v) is 2.34. The minimum Gasteiger partial charge on any atom is -0.383 e. The second kappa shape index (κ2) is 4.90. The van der Waals surface area contributed by atoms with Crippen LogP contribution in [0.15, 0.2) is 24.4 Å². The molecule has 7 heteroatoms. The number of aromatic nitrogens is 1. The molecule has 1 unspecified atom stereocenters. The highest BCUT2D eigenvalue weighted by Gasteiger charge is 2.35. The van der Waals surface area contributed by atoms with Crippen molar-refractivity contribution in [2.75, 3.05) is 0 Å². The van der Waals surface area contributed by atoms with Gasteiger partial charge in [-0.05, 0) is 24.1 Å². The normalized spacial score (nSPS) is 13.6. The predicted octanol–water partition coefficient (Wildman–Crippen LogP) is 3.69. The fraction of sp³-hybridized carbons (Fsp3) is 0.250. The van der Waals surface area contributed by atoms with Gasteiger partial charge in [-0.25, -0.2) is 9.37 Å². The van der Waals surface area contributed by atoms with E-state index in [4.69, 9.17) is 0 Å². The Morgan fingerprint density at radius 3 is 2.53 bits per heavy atom. The Bertz CT molecular complexity index is 594. The van der Waals surface area contributed by atoms with Crippen LogP contribution in [0.25, 0.3) is 0 Å². The first-order chi connectivity index (χ1) is 8.79. The highest BCUT2D eigenvalue weighted by atomic mass is 32.1. The maximum Gasteiger partial charge on any atom is 0.443 e. The number of hydrogen-bond donors (Lipinski definition) is 1. The number of aryl methyl sites for hydroxylation is 1. The third-order valence-electron chi connectivity index (χ3n) is 2.53. The number of halogens is 4. The Balaban J connectivity index is 2.31. The third kappa shape index (κ3) is 2.93. The Kier molecular flexibility index (Phi) is 3.60. The third-order valence-corrected chi connectivity index (χ3v) is 3.63. The number of aliphatic hydroxyl groups is 1. The van der Waals surface area contributed by atoms with E-state index in [9.17, 15) is 22.7 Å². The number of aliphatic hydroxyl groups excluding tert-OH is 1. The lowest BCUT2D eigenvalue weighted by molar-refractivity contribution is -0.137. The van der Waals surface area contributed by atoms with Crippen LogP contribution in [0.4, 0.5) is 17.6 Å². The lowest BCUT2D eigenvalue weighted by Gasteiger charge is -2.09. The van der Waals surface area contributed by atoms with E-state index in [1.54, 1.807) is 0 Å². The van der Waals surface area contributed by atoms with Crippen LogP contribution >= 0.6 is 11.3 Å². The van der Waals surface area contributed by atoms with Crippen molar-refractivity contribution in [1.29, 1.82) is 0 Å². The molecule has 1 heterocycles. The summed E-state index contributed by atoms with van der Waals surface area (Å²) in [6, 6.07) is 3.90. The summed E-state index contributed by atoms with van der Waals surface area (Å²) < 4.78 is 50.3. The summed E-state index contributed by atoms with van der Waals surface area (Å²) in [7, 11) is 0. The van der Waals surface area contributed by atoms with Gasteiger partial charge in [0.2, 0.25) is 0 Å². The molecule has 1 N–H and O–H groups in total. The lowest BCUT2D eigenvalue weighted by Crippen LogP contribution is -2.03. The summed E-state index contributed by atoms with van der Waals surface area (Å²) in [6.45, 7) is 1.51. The summed E-state index contributed by atoms with van der Waals surface area (Å²) in [5.41, 5.74) is 0.647. The maximum atomic E-state index is 13.1. The average molecular weight is 291 g/mol. The number of nitrogens with zero attached hydrogens (tertiary/aromatic N) is 1. The first kappa shape index (κ1) is 14.0. The Morgan fingerprint density at radius 2 is 2.00 bits per heavy atom. The Morgan fingerprint density at radius 1 is 1.32 bits per heavy atom. The molecule has 0 aliphatic carbocycles. The molecule has 2 nitrogen and oxygen atoms in total. The van der Waals surface area contributed by atoms with Crippen molar-refractivity contribution in [3.05, 3.63) is 51.2 Å². The number of rotatable bonds is 2. The van der Waals surface area contributed by atoms with Crippen LogP contribution in [0.2, 0.25) is 0 Å². The Hall–Kier alpha value is -1.47. The molecular formula is C12H9F4NOS. The second-order valence-corrected chi connectivity index (χ2v) is 5.04. The minimum absolute atomic E-state index is 0.0679. The second-order valence-electron chi connectivity index (χ2n) is 3.98. The molecule has 0 saturated heterocycles. The van der Waals surface area contributed by atoms with Gasteiger partial charge in [0.15, 0.2) is 5.01 Å². The summed E-state index contributed by atoms with van der Waals surface area (Å²) in [5, 5.41) is 8.95. The minimum atomic E-state index is -4.53. The van der Waals surface area contributed by atoms with Gasteiger partial charge >= 0.3 is 6.18 Å². The summed E-state index contributed by atoms with van der Waals surface area (Å²) in [5.74, 6) is -0.434. The maximum absolute atomic E-state index is 13.1. The molecule has 0 bridgehead atoms. The van der Waals surface area contributed by atoms with Gasteiger partial charge < -0.3 is 5.11 Å². The van der Waals surface area contributed by atoms with Crippen molar-refractivity contribution in [1.82, 2.24) is 4.98 Å². The molecule has 19 heavy (non-hydrogen) atoms. The van der Waals surface area contributed by atoms with Gasteiger partial charge in [-0.15, -0.1) is 11.3 Å². The molecule has 0 spiro atoms. The van der Waals surface area contributed by atoms with Crippen molar-refractivity contribution in [2.45, 2.75) is 19.2 Å². The first-order valence-electron chi connectivity index (χ1n) is 5.26. The lowest BCUT2D eigenvalue weighted by atomic mass is 10.1. The Labute approximate surface area is 110 Å². The zero-order valence-electron chi connectivity index (χ0n) is 9.70. The average Bonchev–Trinajstić information content (AvgIpc) is 2.81. The zero-order valence-corrected chi connectivity index (χ0v) is 10.5. The van der Waals surface area contributed by atoms with Crippen molar-refractivity contribution >= 4 is 11.3 Å². The quantitative estimate of drug-likeness (QED) is 0.856. The SMILES string of the molecule is Cc1cc(C(O)c2cnc(C(F)(F)F)s2)ccc1F. The van der Waals surface area contributed by atoms with Gasteiger partial charge in [-0.3, -0.25) is 0 Å². The van der Waals surface area contributed by atoms with Gasteiger partial charge in [0.25, 0.3) is 0 Å². The van der Waals surface area contributed by atoms with Gasteiger partial charge in [-0.2, -0.15) is 13.2 Å². The monoisotopic (exact) mass is 291 g/mol. The largest absolute Gasteiger partial charge is 0.443 e. The van der Waals surface area contributed by atoms with E-state index in [-0.39, 0.29) is 4.88 Å². The van der Waals surface area contributed by atoms with Crippen LogP contribution in [0, 0.1) is 12.7 Å². The molecule has 2 rings (SSSR count). The van der Waals surface area contributed by atoms with Crippen LogP contribution in [-0.4, -0.2) is 10.1 Å². The molecule has 0 aliphatic heterocycles. The van der Waals surface area contributed by atoms with Gasteiger partial charge in [0.1, 0.15) is 11.9 Å². The van der Waals surface area contributed by atoms with Gasteiger partial charge in [0, 0.05) is 6.20 Å². The van der Waals surface area contributed by atoms with E-state index >= 15 is 0 Å². The first-order valence-corrected chi connectivity index (χ1v) is 6.07. The van der Waals surface area contributed by atoms with Crippen LogP contribution < -0.4 is 0 Å². The molecule has 1 aromatic heterocycles.